The van der Waals surface area contributed by atoms with Gasteiger partial charge in [-0.1, -0.05) is 54.6 Å². The van der Waals surface area contributed by atoms with Crippen LogP contribution in [0.4, 0.5) is 0 Å². The van der Waals surface area contributed by atoms with Crippen LogP contribution in [0.1, 0.15) is 12.0 Å². The highest BCUT2D eigenvalue weighted by Gasteiger charge is 2.32. The molecule has 0 bridgehead atoms. The number of hydrogen-bond donors (Lipinski definition) is 1. The molecular weight excluding hydrogens is 402 g/mol. The van der Waals surface area contributed by atoms with E-state index in [-0.39, 0.29) is 18.2 Å². The molecule has 4 rings (SSSR count). The zero-order chi connectivity index (χ0) is 22.3. The average Bonchev–Trinajstić information content (AvgIpc) is 3.34. The van der Waals surface area contributed by atoms with Gasteiger partial charge in [-0.15, -0.1) is 0 Å². The molecule has 2 amide bonds. The van der Waals surface area contributed by atoms with E-state index in [0.29, 0.717) is 26.2 Å². The Kier molecular flexibility index (Phi) is 6.97. The van der Waals surface area contributed by atoms with E-state index < -0.39 is 6.04 Å². The minimum atomic E-state index is -0.458. The molecule has 7 heteroatoms. The van der Waals surface area contributed by atoms with E-state index in [0.717, 1.165) is 17.7 Å². The van der Waals surface area contributed by atoms with Crippen LogP contribution in [0.25, 0.3) is 11.1 Å². The van der Waals surface area contributed by atoms with Crippen molar-refractivity contribution >= 4 is 11.8 Å². The third-order valence-electron chi connectivity index (χ3n) is 5.93. The lowest BCUT2D eigenvalue weighted by atomic mass is 10.0. The lowest BCUT2D eigenvalue weighted by Gasteiger charge is -2.35. The van der Waals surface area contributed by atoms with E-state index in [1.165, 1.54) is 5.56 Å². The SMILES string of the molecule is CN(CCn1ccnc1)C(=O)CC1C(=O)NCCN1Cc1ccc(-c2ccccc2)cc1. The first-order chi connectivity index (χ1) is 15.6. The van der Waals surface area contributed by atoms with Gasteiger partial charge in [-0.05, 0) is 16.7 Å². The summed E-state index contributed by atoms with van der Waals surface area (Å²) in [6.07, 6.45) is 5.50. The predicted molar refractivity (Wildman–Crippen MR) is 124 cm³/mol. The third kappa shape index (κ3) is 5.42. The number of imidazole rings is 1. The number of amides is 2. The summed E-state index contributed by atoms with van der Waals surface area (Å²) in [6, 6.07) is 18.2. The number of nitrogens with one attached hydrogen (secondary N) is 1. The van der Waals surface area contributed by atoms with Crippen LogP contribution in [0.15, 0.2) is 73.3 Å². The minimum absolute atomic E-state index is 0.0309. The van der Waals surface area contributed by atoms with Crippen LogP contribution < -0.4 is 5.32 Å². The van der Waals surface area contributed by atoms with E-state index in [9.17, 15) is 9.59 Å². The van der Waals surface area contributed by atoms with Gasteiger partial charge in [0, 0.05) is 52.2 Å². The van der Waals surface area contributed by atoms with Crippen molar-refractivity contribution in [2.45, 2.75) is 25.6 Å². The van der Waals surface area contributed by atoms with Crippen LogP contribution in [0.5, 0.6) is 0 Å². The Balaban J connectivity index is 1.37. The lowest BCUT2D eigenvalue weighted by Crippen LogP contribution is -2.56. The van der Waals surface area contributed by atoms with Gasteiger partial charge in [0.25, 0.3) is 0 Å². The number of benzene rings is 2. The average molecular weight is 432 g/mol. The second kappa shape index (κ2) is 10.2. The van der Waals surface area contributed by atoms with Crippen LogP contribution in [0.2, 0.25) is 0 Å². The molecular formula is C25H29N5O2. The van der Waals surface area contributed by atoms with E-state index >= 15 is 0 Å². The van der Waals surface area contributed by atoms with Crippen molar-refractivity contribution in [1.29, 1.82) is 0 Å². The summed E-state index contributed by atoms with van der Waals surface area (Å²) in [5, 5.41) is 2.91. The van der Waals surface area contributed by atoms with Crippen LogP contribution in [-0.2, 0) is 22.7 Å². The molecule has 2 aromatic carbocycles. The van der Waals surface area contributed by atoms with Gasteiger partial charge < -0.3 is 14.8 Å². The molecule has 1 unspecified atom stereocenters. The largest absolute Gasteiger partial charge is 0.353 e. The summed E-state index contributed by atoms with van der Waals surface area (Å²) in [7, 11) is 1.78. The first-order valence-electron chi connectivity index (χ1n) is 11.0. The van der Waals surface area contributed by atoms with E-state index in [2.05, 4.69) is 51.6 Å². The van der Waals surface area contributed by atoms with E-state index in [1.807, 2.05) is 29.0 Å². The molecule has 1 aliphatic heterocycles. The maximum atomic E-state index is 12.8. The highest BCUT2D eigenvalue weighted by Crippen LogP contribution is 2.21. The topological polar surface area (TPSA) is 70.5 Å². The molecule has 166 valence electrons. The van der Waals surface area contributed by atoms with Gasteiger partial charge in [0.2, 0.25) is 11.8 Å². The van der Waals surface area contributed by atoms with Crippen molar-refractivity contribution in [2.24, 2.45) is 0 Å². The Labute approximate surface area is 188 Å². The first kappa shape index (κ1) is 21.8. The molecule has 1 aliphatic rings. The fraction of sp³-hybridized carbons (Fsp3) is 0.320. The summed E-state index contributed by atoms with van der Waals surface area (Å²) in [5.74, 6) is -0.106. The molecule has 2 heterocycles. The molecule has 32 heavy (non-hydrogen) atoms. The van der Waals surface area contributed by atoms with Crippen LogP contribution in [-0.4, -0.2) is 63.9 Å². The second-order valence-electron chi connectivity index (χ2n) is 8.16. The Morgan fingerprint density at radius 1 is 1.12 bits per heavy atom. The Hall–Kier alpha value is -3.45. The number of nitrogens with zero attached hydrogens (tertiary/aromatic N) is 4. The lowest BCUT2D eigenvalue weighted by molar-refractivity contribution is -0.138. The summed E-state index contributed by atoms with van der Waals surface area (Å²) < 4.78 is 1.93. The van der Waals surface area contributed by atoms with Crippen LogP contribution in [0, 0.1) is 0 Å². The summed E-state index contributed by atoms with van der Waals surface area (Å²) >= 11 is 0. The maximum Gasteiger partial charge on any atom is 0.237 e. The Bertz CT molecular complexity index is 1020. The van der Waals surface area contributed by atoms with Gasteiger partial charge in [-0.2, -0.15) is 0 Å². The third-order valence-corrected chi connectivity index (χ3v) is 5.93. The van der Waals surface area contributed by atoms with Crippen molar-refractivity contribution in [2.75, 3.05) is 26.7 Å². The number of aromatic nitrogens is 2. The van der Waals surface area contributed by atoms with Crippen molar-refractivity contribution in [1.82, 2.24) is 24.7 Å². The van der Waals surface area contributed by atoms with Gasteiger partial charge in [0.05, 0.1) is 18.8 Å². The van der Waals surface area contributed by atoms with Crippen molar-refractivity contribution in [3.63, 3.8) is 0 Å². The number of carbonyl (C=O) groups excluding carboxylic acids is 2. The molecule has 0 radical (unpaired) electrons. The molecule has 1 fully saturated rings. The summed E-state index contributed by atoms with van der Waals surface area (Å²) in [5.41, 5.74) is 3.47. The molecule has 0 aliphatic carbocycles. The fourth-order valence-electron chi connectivity index (χ4n) is 3.97. The van der Waals surface area contributed by atoms with Crippen molar-refractivity contribution in [3.8, 4) is 11.1 Å². The zero-order valence-corrected chi connectivity index (χ0v) is 18.4. The van der Waals surface area contributed by atoms with E-state index in [1.54, 1.807) is 24.5 Å². The highest BCUT2D eigenvalue weighted by atomic mass is 16.2. The molecule has 0 spiro atoms. The molecule has 3 aromatic rings. The molecule has 1 saturated heterocycles. The quantitative estimate of drug-likeness (QED) is 0.595. The number of piperazine rings is 1. The van der Waals surface area contributed by atoms with Crippen LogP contribution in [0.3, 0.4) is 0 Å². The van der Waals surface area contributed by atoms with Gasteiger partial charge in [-0.3, -0.25) is 14.5 Å². The Morgan fingerprint density at radius 2 is 1.88 bits per heavy atom. The smallest absolute Gasteiger partial charge is 0.237 e. The van der Waals surface area contributed by atoms with Gasteiger partial charge in [-0.25, -0.2) is 4.98 Å². The van der Waals surface area contributed by atoms with Crippen molar-refractivity contribution in [3.05, 3.63) is 78.9 Å². The molecule has 1 atom stereocenters. The maximum absolute atomic E-state index is 12.8. The molecule has 1 N–H and O–H groups in total. The van der Waals surface area contributed by atoms with Gasteiger partial charge in [0.1, 0.15) is 0 Å². The fourth-order valence-corrected chi connectivity index (χ4v) is 3.97. The number of rotatable bonds is 8. The van der Waals surface area contributed by atoms with Crippen molar-refractivity contribution < 1.29 is 9.59 Å². The van der Waals surface area contributed by atoms with Gasteiger partial charge in [0.15, 0.2) is 0 Å². The first-order valence-corrected chi connectivity index (χ1v) is 11.0. The van der Waals surface area contributed by atoms with E-state index in [4.69, 9.17) is 0 Å². The standard InChI is InChI=1S/C25H29N5O2/c1-28(15-16-29-13-11-26-19-29)24(31)17-23-25(32)27-12-14-30(23)18-20-7-9-22(10-8-20)21-5-3-2-4-6-21/h2-11,13,19,23H,12,14-18H2,1H3,(H,27,32). The van der Waals surface area contributed by atoms with Gasteiger partial charge >= 0.3 is 0 Å². The normalized spacial score (nSPS) is 16.5. The predicted octanol–water partition coefficient (Wildman–Crippen LogP) is 2.40. The second-order valence-corrected chi connectivity index (χ2v) is 8.16. The highest BCUT2D eigenvalue weighted by molar-refractivity contribution is 5.88. The van der Waals surface area contributed by atoms with Crippen LogP contribution >= 0.6 is 0 Å². The number of carbonyl (C=O) groups is 2. The molecule has 0 saturated carbocycles. The number of hydrogen-bond acceptors (Lipinski definition) is 4. The minimum Gasteiger partial charge on any atom is -0.353 e. The number of likely N-dealkylation sites (N-methyl/N-ethyl adjacent to an activating group) is 1. The summed E-state index contributed by atoms with van der Waals surface area (Å²) in [4.78, 5) is 33.2. The summed E-state index contributed by atoms with van der Waals surface area (Å²) in [6.45, 7) is 3.21. The Morgan fingerprint density at radius 3 is 2.59 bits per heavy atom. The molecule has 1 aromatic heterocycles. The molecule has 7 nitrogen and oxygen atoms in total. The monoisotopic (exact) mass is 431 g/mol. The zero-order valence-electron chi connectivity index (χ0n) is 18.4.